The first-order chi connectivity index (χ1) is 9.79. The van der Waals surface area contributed by atoms with E-state index in [1.807, 2.05) is 30.3 Å². The number of nitriles is 1. The standard InChI is InChI=1S/C16H20N2O2/c17-11-15(10-13-4-2-1-3-5-13)16(19)18-8-9-20-12-14-6-7-14/h1-5,14-15H,6-10,12H2,(H,18,19). The number of ether oxygens (including phenoxy) is 1. The van der Waals surface area contributed by atoms with Crippen molar-refractivity contribution >= 4 is 5.91 Å². The van der Waals surface area contributed by atoms with Crippen molar-refractivity contribution in [1.29, 1.82) is 5.26 Å². The van der Waals surface area contributed by atoms with Gasteiger partial charge >= 0.3 is 0 Å². The van der Waals surface area contributed by atoms with E-state index in [4.69, 9.17) is 10.00 Å². The molecule has 1 N–H and O–H groups in total. The molecule has 1 atom stereocenters. The molecule has 0 spiro atoms. The zero-order valence-corrected chi connectivity index (χ0v) is 11.5. The zero-order chi connectivity index (χ0) is 14.2. The lowest BCUT2D eigenvalue weighted by atomic mass is 10.00. The van der Waals surface area contributed by atoms with Gasteiger partial charge in [0.15, 0.2) is 0 Å². The number of rotatable bonds is 8. The van der Waals surface area contributed by atoms with Crippen LogP contribution in [0.2, 0.25) is 0 Å². The van der Waals surface area contributed by atoms with Gasteiger partial charge in [-0.05, 0) is 30.7 Å². The molecule has 4 heteroatoms. The molecular formula is C16H20N2O2. The van der Waals surface area contributed by atoms with Crippen LogP contribution < -0.4 is 5.32 Å². The van der Waals surface area contributed by atoms with Crippen LogP contribution >= 0.6 is 0 Å². The van der Waals surface area contributed by atoms with E-state index in [2.05, 4.69) is 11.4 Å². The minimum Gasteiger partial charge on any atom is -0.379 e. The lowest BCUT2D eigenvalue weighted by molar-refractivity contribution is -0.123. The molecule has 1 aliphatic carbocycles. The molecule has 106 valence electrons. The molecule has 4 nitrogen and oxygen atoms in total. The largest absolute Gasteiger partial charge is 0.379 e. The maximum absolute atomic E-state index is 11.9. The number of carbonyl (C=O) groups is 1. The van der Waals surface area contributed by atoms with Crippen LogP contribution in [0.15, 0.2) is 30.3 Å². The van der Waals surface area contributed by atoms with E-state index >= 15 is 0 Å². The Bertz CT molecular complexity index is 463. The molecule has 1 saturated carbocycles. The van der Waals surface area contributed by atoms with E-state index in [0.717, 1.165) is 18.1 Å². The minimum absolute atomic E-state index is 0.216. The predicted octanol–water partition coefficient (Wildman–Crippen LogP) is 1.91. The summed E-state index contributed by atoms with van der Waals surface area (Å²) in [6, 6.07) is 11.7. The lowest BCUT2D eigenvalue weighted by Gasteiger charge is -2.10. The fourth-order valence-corrected chi connectivity index (χ4v) is 1.95. The third-order valence-electron chi connectivity index (χ3n) is 3.35. The SMILES string of the molecule is N#CC(Cc1ccccc1)C(=O)NCCOCC1CC1. The van der Waals surface area contributed by atoms with E-state index in [1.165, 1.54) is 12.8 Å². The van der Waals surface area contributed by atoms with Gasteiger partial charge in [0.1, 0.15) is 5.92 Å². The molecule has 1 amide bonds. The molecule has 0 aromatic heterocycles. The van der Waals surface area contributed by atoms with Crippen molar-refractivity contribution in [2.45, 2.75) is 19.3 Å². The van der Waals surface area contributed by atoms with Gasteiger partial charge in [-0.1, -0.05) is 30.3 Å². The average Bonchev–Trinajstić information content (AvgIpc) is 3.29. The maximum atomic E-state index is 11.9. The molecule has 20 heavy (non-hydrogen) atoms. The smallest absolute Gasteiger partial charge is 0.237 e. The first-order valence-corrected chi connectivity index (χ1v) is 7.08. The molecule has 2 rings (SSSR count). The summed E-state index contributed by atoms with van der Waals surface area (Å²) in [6.45, 7) is 1.78. The third kappa shape index (κ3) is 5.02. The summed E-state index contributed by atoms with van der Waals surface area (Å²) >= 11 is 0. The summed E-state index contributed by atoms with van der Waals surface area (Å²) < 4.78 is 5.44. The second-order valence-electron chi connectivity index (χ2n) is 5.18. The fraction of sp³-hybridized carbons (Fsp3) is 0.500. The molecule has 0 aliphatic heterocycles. The van der Waals surface area contributed by atoms with Crippen LogP contribution in [0.5, 0.6) is 0 Å². The van der Waals surface area contributed by atoms with E-state index in [9.17, 15) is 4.79 Å². The van der Waals surface area contributed by atoms with E-state index in [0.29, 0.717) is 19.6 Å². The van der Waals surface area contributed by atoms with Gasteiger partial charge in [0.2, 0.25) is 5.91 Å². The molecule has 1 aromatic rings. The van der Waals surface area contributed by atoms with Crippen molar-refractivity contribution in [3.8, 4) is 6.07 Å². The van der Waals surface area contributed by atoms with Crippen molar-refractivity contribution in [3.63, 3.8) is 0 Å². The van der Waals surface area contributed by atoms with Crippen molar-refractivity contribution in [2.24, 2.45) is 11.8 Å². The Labute approximate surface area is 119 Å². The Balaban J connectivity index is 1.67. The monoisotopic (exact) mass is 272 g/mol. The summed E-state index contributed by atoms with van der Waals surface area (Å²) in [6.07, 6.45) is 2.98. The normalized spacial score (nSPS) is 15.3. The molecule has 1 aliphatic rings. The van der Waals surface area contributed by atoms with Gasteiger partial charge < -0.3 is 10.1 Å². The van der Waals surface area contributed by atoms with Gasteiger partial charge in [-0.3, -0.25) is 4.79 Å². The Morgan fingerprint density at radius 3 is 2.80 bits per heavy atom. The van der Waals surface area contributed by atoms with Crippen LogP contribution in [0.4, 0.5) is 0 Å². The summed E-state index contributed by atoms with van der Waals surface area (Å²) in [7, 11) is 0. The van der Waals surface area contributed by atoms with Crippen molar-refractivity contribution < 1.29 is 9.53 Å². The van der Waals surface area contributed by atoms with Gasteiger partial charge in [0.25, 0.3) is 0 Å². The zero-order valence-electron chi connectivity index (χ0n) is 11.5. The summed E-state index contributed by atoms with van der Waals surface area (Å²) in [5.74, 6) is -0.122. The van der Waals surface area contributed by atoms with Gasteiger partial charge in [0, 0.05) is 13.2 Å². The van der Waals surface area contributed by atoms with Crippen LogP contribution in [0, 0.1) is 23.2 Å². The van der Waals surface area contributed by atoms with Gasteiger partial charge in [-0.15, -0.1) is 0 Å². The quantitative estimate of drug-likeness (QED) is 0.735. The number of carbonyl (C=O) groups excluding carboxylic acids is 1. The number of hydrogen-bond donors (Lipinski definition) is 1. The van der Waals surface area contributed by atoms with Crippen LogP contribution in [0.1, 0.15) is 18.4 Å². The molecule has 1 aromatic carbocycles. The average molecular weight is 272 g/mol. The van der Waals surface area contributed by atoms with E-state index < -0.39 is 5.92 Å². The second kappa shape index (κ2) is 7.66. The first-order valence-electron chi connectivity index (χ1n) is 7.08. The lowest BCUT2D eigenvalue weighted by Crippen LogP contribution is -2.33. The molecule has 0 radical (unpaired) electrons. The summed E-state index contributed by atoms with van der Waals surface area (Å²) in [5, 5.41) is 11.9. The second-order valence-corrected chi connectivity index (χ2v) is 5.18. The fourth-order valence-electron chi connectivity index (χ4n) is 1.95. The molecule has 0 bridgehead atoms. The number of amides is 1. The highest BCUT2D eigenvalue weighted by Gasteiger charge is 2.21. The number of hydrogen-bond acceptors (Lipinski definition) is 3. The van der Waals surface area contributed by atoms with Gasteiger partial charge in [-0.25, -0.2) is 0 Å². The minimum atomic E-state index is -0.638. The Hall–Kier alpha value is -1.86. The third-order valence-corrected chi connectivity index (χ3v) is 3.35. The van der Waals surface area contributed by atoms with E-state index in [1.54, 1.807) is 0 Å². The van der Waals surface area contributed by atoms with Crippen LogP contribution in [-0.2, 0) is 16.0 Å². The number of nitrogens with zero attached hydrogens (tertiary/aromatic N) is 1. The summed E-state index contributed by atoms with van der Waals surface area (Å²) in [4.78, 5) is 11.9. The maximum Gasteiger partial charge on any atom is 0.237 e. The molecular weight excluding hydrogens is 252 g/mol. The van der Waals surface area contributed by atoms with Crippen LogP contribution in [-0.4, -0.2) is 25.7 Å². The van der Waals surface area contributed by atoms with Crippen molar-refractivity contribution in [1.82, 2.24) is 5.32 Å². The summed E-state index contributed by atoms with van der Waals surface area (Å²) in [5.41, 5.74) is 0.999. The number of nitrogens with one attached hydrogen (secondary N) is 1. The van der Waals surface area contributed by atoms with Crippen molar-refractivity contribution in [2.75, 3.05) is 19.8 Å². The van der Waals surface area contributed by atoms with Crippen LogP contribution in [0.3, 0.4) is 0 Å². The highest BCUT2D eigenvalue weighted by atomic mass is 16.5. The van der Waals surface area contributed by atoms with Gasteiger partial charge in [-0.2, -0.15) is 5.26 Å². The highest BCUT2D eigenvalue weighted by molar-refractivity contribution is 5.81. The topological polar surface area (TPSA) is 62.1 Å². The number of benzene rings is 1. The molecule has 0 saturated heterocycles. The Kier molecular flexibility index (Phi) is 5.57. The van der Waals surface area contributed by atoms with E-state index in [-0.39, 0.29) is 5.91 Å². The Morgan fingerprint density at radius 1 is 1.40 bits per heavy atom. The molecule has 1 unspecified atom stereocenters. The predicted molar refractivity (Wildman–Crippen MR) is 75.8 cm³/mol. The van der Waals surface area contributed by atoms with Crippen LogP contribution in [0.25, 0.3) is 0 Å². The molecule has 0 heterocycles. The Morgan fingerprint density at radius 2 is 2.15 bits per heavy atom. The highest BCUT2D eigenvalue weighted by Crippen LogP contribution is 2.28. The first kappa shape index (κ1) is 14.5. The molecule has 1 fully saturated rings. The van der Waals surface area contributed by atoms with Gasteiger partial charge in [0.05, 0.1) is 12.7 Å². The van der Waals surface area contributed by atoms with Crippen molar-refractivity contribution in [3.05, 3.63) is 35.9 Å².